The SMILES string of the molecule is CNC(=O)c1c(-c2ccc(F)cc2)oc2c1cc(-c1cccc(C(=O)NCC(F)(F)c3ccccn3)c1)c1[nH]ccc12. The fraction of sp³-hybridized carbons (Fsp3) is 0.0938. The molecule has 210 valence electrons. The Hall–Kier alpha value is -5.38. The van der Waals surface area contributed by atoms with E-state index >= 15 is 0 Å². The van der Waals surface area contributed by atoms with Crippen molar-refractivity contribution < 1.29 is 27.2 Å². The van der Waals surface area contributed by atoms with Crippen LogP contribution in [0.3, 0.4) is 0 Å². The van der Waals surface area contributed by atoms with E-state index in [-0.39, 0.29) is 16.9 Å². The first-order valence-electron chi connectivity index (χ1n) is 13.0. The van der Waals surface area contributed by atoms with Crippen LogP contribution in [0.25, 0.3) is 44.3 Å². The molecule has 0 aliphatic carbocycles. The summed E-state index contributed by atoms with van der Waals surface area (Å²) in [5.74, 6) is -4.56. The molecule has 3 N–H and O–H groups in total. The van der Waals surface area contributed by atoms with Gasteiger partial charge in [0.25, 0.3) is 11.8 Å². The second kappa shape index (κ2) is 10.5. The number of pyridine rings is 1. The number of nitrogens with zero attached hydrogens (tertiary/aromatic N) is 1. The normalized spacial score (nSPS) is 11.6. The predicted molar refractivity (Wildman–Crippen MR) is 153 cm³/mol. The number of halogens is 3. The van der Waals surface area contributed by atoms with Crippen molar-refractivity contribution >= 4 is 33.7 Å². The van der Waals surface area contributed by atoms with Crippen LogP contribution in [0.1, 0.15) is 26.4 Å². The number of alkyl halides is 2. The molecule has 42 heavy (non-hydrogen) atoms. The van der Waals surface area contributed by atoms with E-state index in [1.807, 2.05) is 6.07 Å². The van der Waals surface area contributed by atoms with Crippen molar-refractivity contribution in [2.24, 2.45) is 0 Å². The summed E-state index contributed by atoms with van der Waals surface area (Å²) in [5.41, 5.74) is 2.95. The molecular weight excluding hydrogens is 545 g/mol. The summed E-state index contributed by atoms with van der Waals surface area (Å²) in [6.07, 6.45) is 2.99. The zero-order valence-electron chi connectivity index (χ0n) is 22.2. The third kappa shape index (κ3) is 4.77. The molecule has 0 atom stereocenters. The van der Waals surface area contributed by atoms with E-state index < -0.39 is 35.8 Å². The van der Waals surface area contributed by atoms with Gasteiger partial charge in [-0.05, 0) is 66.2 Å². The fourth-order valence-electron chi connectivity index (χ4n) is 4.95. The first kappa shape index (κ1) is 26.8. The van der Waals surface area contributed by atoms with E-state index in [1.165, 1.54) is 61.8 Å². The lowest BCUT2D eigenvalue weighted by molar-refractivity contribution is -0.00676. The molecular formula is C32H23F3N4O3. The Morgan fingerprint density at radius 2 is 1.74 bits per heavy atom. The van der Waals surface area contributed by atoms with Crippen LogP contribution >= 0.6 is 0 Å². The average Bonchev–Trinajstić information content (AvgIpc) is 3.65. The summed E-state index contributed by atoms with van der Waals surface area (Å²) >= 11 is 0. The molecule has 0 saturated carbocycles. The molecule has 0 fully saturated rings. The number of furan rings is 1. The monoisotopic (exact) mass is 568 g/mol. The number of rotatable bonds is 7. The van der Waals surface area contributed by atoms with E-state index in [0.717, 1.165) is 0 Å². The molecule has 2 amide bonds. The van der Waals surface area contributed by atoms with E-state index in [4.69, 9.17) is 4.42 Å². The van der Waals surface area contributed by atoms with Crippen molar-refractivity contribution in [3.05, 3.63) is 114 Å². The molecule has 0 spiro atoms. The summed E-state index contributed by atoms with van der Waals surface area (Å²) in [5, 5.41) is 6.15. The van der Waals surface area contributed by atoms with Crippen LogP contribution in [-0.4, -0.2) is 35.4 Å². The number of aromatic nitrogens is 2. The maximum atomic E-state index is 14.6. The van der Waals surface area contributed by atoms with Gasteiger partial charge >= 0.3 is 5.92 Å². The van der Waals surface area contributed by atoms with Gasteiger partial charge in [0.05, 0.1) is 17.6 Å². The quantitative estimate of drug-likeness (QED) is 0.200. The number of amides is 2. The molecule has 7 nitrogen and oxygen atoms in total. The molecule has 3 heterocycles. The van der Waals surface area contributed by atoms with Crippen LogP contribution in [0.5, 0.6) is 0 Å². The van der Waals surface area contributed by atoms with Gasteiger partial charge in [-0.3, -0.25) is 14.6 Å². The molecule has 0 saturated heterocycles. The molecule has 0 bridgehead atoms. The number of carbonyl (C=O) groups is 2. The van der Waals surface area contributed by atoms with Crippen LogP contribution in [0.15, 0.2) is 95.7 Å². The zero-order valence-corrected chi connectivity index (χ0v) is 22.2. The Bertz CT molecular complexity index is 1950. The van der Waals surface area contributed by atoms with Gasteiger partial charge < -0.3 is 20.0 Å². The Labute approximate surface area is 237 Å². The number of carbonyl (C=O) groups excluding carboxylic acids is 2. The van der Waals surface area contributed by atoms with Crippen molar-refractivity contribution in [3.8, 4) is 22.5 Å². The third-order valence-electron chi connectivity index (χ3n) is 7.00. The highest BCUT2D eigenvalue weighted by Crippen LogP contribution is 2.41. The highest BCUT2D eigenvalue weighted by molar-refractivity contribution is 6.19. The van der Waals surface area contributed by atoms with Crippen molar-refractivity contribution in [2.75, 3.05) is 13.6 Å². The van der Waals surface area contributed by atoms with E-state index in [9.17, 15) is 22.8 Å². The largest absolute Gasteiger partial charge is 0.454 e. The first-order chi connectivity index (χ1) is 20.3. The van der Waals surface area contributed by atoms with E-state index in [0.29, 0.717) is 38.6 Å². The molecule has 0 radical (unpaired) electrons. The number of hydrogen-bond donors (Lipinski definition) is 3. The number of nitrogens with one attached hydrogen (secondary N) is 3. The summed E-state index contributed by atoms with van der Waals surface area (Å²) in [6.45, 7) is -0.920. The molecule has 6 rings (SSSR count). The molecule has 0 aliphatic rings. The summed E-state index contributed by atoms with van der Waals surface area (Å²) in [4.78, 5) is 32.9. The van der Waals surface area contributed by atoms with Gasteiger partial charge in [0.2, 0.25) is 0 Å². The second-order valence-electron chi connectivity index (χ2n) is 9.64. The number of fused-ring (bicyclic) bond motifs is 3. The van der Waals surface area contributed by atoms with Gasteiger partial charge in [-0.15, -0.1) is 0 Å². The number of hydrogen-bond acceptors (Lipinski definition) is 4. The molecule has 0 unspecified atom stereocenters. The minimum Gasteiger partial charge on any atom is -0.454 e. The second-order valence-corrected chi connectivity index (χ2v) is 9.64. The van der Waals surface area contributed by atoms with E-state index in [2.05, 4.69) is 20.6 Å². The first-order valence-corrected chi connectivity index (χ1v) is 13.0. The number of aromatic amines is 1. The predicted octanol–water partition coefficient (Wildman–Crippen LogP) is 6.66. The van der Waals surface area contributed by atoms with Gasteiger partial charge in [0.1, 0.15) is 22.9 Å². The fourth-order valence-corrected chi connectivity index (χ4v) is 4.95. The Morgan fingerprint density at radius 1 is 0.929 bits per heavy atom. The van der Waals surface area contributed by atoms with Gasteiger partial charge in [0, 0.05) is 46.9 Å². The Kier molecular flexibility index (Phi) is 6.74. The van der Waals surface area contributed by atoms with Crippen molar-refractivity contribution in [1.82, 2.24) is 20.6 Å². The van der Waals surface area contributed by atoms with Gasteiger partial charge in [-0.2, -0.15) is 8.78 Å². The lowest BCUT2D eigenvalue weighted by Crippen LogP contribution is -2.35. The molecule has 6 aromatic rings. The molecule has 3 aromatic heterocycles. The third-order valence-corrected chi connectivity index (χ3v) is 7.00. The van der Waals surface area contributed by atoms with Crippen LogP contribution in [-0.2, 0) is 5.92 Å². The van der Waals surface area contributed by atoms with Crippen molar-refractivity contribution in [1.29, 1.82) is 0 Å². The topological polar surface area (TPSA) is 100 Å². The number of H-pyrrole nitrogens is 1. The van der Waals surface area contributed by atoms with E-state index in [1.54, 1.807) is 30.5 Å². The lowest BCUT2D eigenvalue weighted by Gasteiger charge is -2.16. The number of benzene rings is 3. The van der Waals surface area contributed by atoms with Gasteiger partial charge in [0.15, 0.2) is 0 Å². The van der Waals surface area contributed by atoms with Crippen LogP contribution in [0.4, 0.5) is 13.2 Å². The molecule has 0 aliphatic heterocycles. The van der Waals surface area contributed by atoms with Crippen LogP contribution in [0, 0.1) is 5.82 Å². The van der Waals surface area contributed by atoms with Crippen LogP contribution < -0.4 is 10.6 Å². The van der Waals surface area contributed by atoms with Gasteiger partial charge in [-0.25, -0.2) is 4.39 Å². The lowest BCUT2D eigenvalue weighted by atomic mass is 9.96. The summed E-state index contributed by atoms with van der Waals surface area (Å²) in [6, 6.07) is 20.0. The molecule has 10 heteroatoms. The highest BCUT2D eigenvalue weighted by Gasteiger charge is 2.33. The zero-order chi connectivity index (χ0) is 29.4. The average molecular weight is 569 g/mol. The maximum Gasteiger partial charge on any atom is 0.306 e. The Balaban J connectivity index is 1.41. The standard InChI is InChI=1S/C32H23F3N4O3/c1-36-31(41)26-24-16-23(27-22(12-14-38-27)29(24)42-28(26)18-8-10-21(33)11-9-18)19-5-4-6-20(15-19)30(40)39-17-32(34,35)25-7-2-3-13-37-25/h2-16,38H,17H2,1H3,(H,36,41)(H,39,40). The van der Waals surface area contributed by atoms with Crippen LogP contribution in [0.2, 0.25) is 0 Å². The van der Waals surface area contributed by atoms with Crippen molar-refractivity contribution in [3.63, 3.8) is 0 Å². The van der Waals surface area contributed by atoms with Gasteiger partial charge in [-0.1, -0.05) is 18.2 Å². The smallest absolute Gasteiger partial charge is 0.306 e. The van der Waals surface area contributed by atoms with Crippen molar-refractivity contribution in [2.45, 2.75) is 5.92 Å². The summed E-state index contributed by atoms with van der Waals surface area (Å²) in [7, 11) is 1.50. The Morgan fingerprint density at radius 3 is 2.48 bits per heavy atom. The minimum atomic E-state index is -3.35. The molecule has 3 aromatic carbocycles. The summed E-state index contributed by atoms with van der Waals surface area (Å²) < 4.78 is 49.1. The maximum absolute atomic E-state index is 14.6. The highest BCUT2D eigenvalue weighted by atomic mass is 19.3. The minimum absolute atomic E-state index is 0.176.